The van der Waals surface area contributed by atoms with E-state index in [9.17, 15) is 0 Å². The fourth-order valence-electron chi connectivity index (χ4n) is 15.7. The third-order valence-electron chi connectivity index (χ3n) is 20.8. The molecule has 0 bridgehead atoms. The van der Waals surface area contributed by atoms with Crippen LogP contribution in [0, 0.1) is 83.1 Å². The molecule has 0 aliphatic carbocycles. The molecule has 0 aliphatic rings. The van der Waals surface area contributed by atoms with Crippen molar-refractivity contribution < 1.29 is 0 Å². The molecule has 0 amide bonds. The molecule has 0 radical (unpaired) electrons. The molecule has 0 fully saturated rings. The third-order valence-corrected chi connectivity index (χ3v) is 20.8. The van der Waals surface area contributed by atoms with Crippen LogP contribution in [0.5, 0.6) is 0 Å². The van der Waals surface area contributed by atoms with Crippen molar-refractivity contribution in [2.75, 3.05) is 0 Å². The topological polar surface area (TPSA) is 0 Å². The first kappa shape index (κ1) is 61.4. The molecule has 0 unspecified atom stereocenters. The summed E-state index contributed by atoms with van der Waals surface area (Å²) in [5.74, 6) is 0. The minimum atomic E-state index is 0.327. The number of fused-ring (bicyclic) bond motifs is 3. The van der Waals surface area contributed by atoms with Crippen molar-refractivity contribution in [2.45, 2.75) is 83.1 Å². The van der Waals surface area contributed by atoms with Gasteiger partial charge >= 0.3 is 0 Å². The number of hydrogen-bond donors (Lipinski definition) is 0. The molecule has 32 heteroatoms. The van der Waals surface area contributed by atoms with E-state index in [0.717, 1.165) is 14.2 Å². The number of rotatable bonds is 16. The fraction of sp³-hybridized carbons (Fsp3) is 0.286. The van der Waals surface area contributed by atoms with Gasteiger partial charge in [-0.05, 0) is 210 Å². The van der Waals surface area contributed by atoms with Gasteiger partial charge in [0, 0.05) is 45.4 Å². The molecule has 0 spiro atoms. The maximum atomic E-state index is 2.73. The Labute approximate surface area is 476 Å². The highest BCUT2D eigenvalue weighted by molar-refractivity contribution is 7.89. The summed E-state index contributed by atoms with van der Waals surface area (Å²) in [4.78, 5) is 0. The SMILES string of the molecule is BBB(B)B(B(B)B)c1c(B(B(B)B)B(B)B)c(B(BB)B(B)B)c(B(B)B(B)B)c2c(-c3c(C)c(C)c(C)c4c(C)c5c(-c6c(C)c(C)c(C)c(C)c6C)c(C)c(C)c(C)c5cc34)c(B(B)B)c(BB)c(B)c12. The monoisotopic (exact) mass is 933 g/mol. The van der Waals surface area contributed by atoms with E-state index in [1.165, 1.54) is 112 Å². The van der Waals surface area contributed by atoms with Gasteiger partial charge in [-0.1, -0.05) is 21.9 Å². The Bertz CT molecular complexity index is 3160. The van der Waals surface area contributed by atoms with Gasteiger partial charge in [-0.2, -0.15) is 0 Å². The quantitative estimate of drug-likeness (QED) is 0.0670. The highest BCUT2D eigenvalue weighted by Gasteiger charge is 2.43. The summed E-state index contributed by atoms with van der Waals surface area (Å²) in [5.41, 5.74) is 34.7. The first-order valence-electron chi connectivity index (χ1n) is 30.1. The fourth-order valence-corrected chi connectivity index (χ4v) is 15.7. The molecule has 6 rings (SSSR count). The van der Waals surface area contributed by atoms with Gasteiger partial charge in [-0.3, -0.25) is 0 Å². The van der Waals surface area contributed by atoms with E-state index in [4.69, 9.17) is 0 Å². The minimum absolute atomic E-state index is 0.327. The lowest BCUT2D eigenvalue weighted by molar-refractivity contribution is 1.17. The van der Waals surface area contributed by atoms with E-state index in [1.807, 2.05) is 0 Å². The normalized spacial score (nSPS) is 11.1. The molecule has 0 aromatic heterocycles. The maximum Gasteiger partial charge on any atom is 0.139 e. The summed E-state index contributed by atoms with van der Waals surface area (Å²) >= 11 is 0. The minimum Gasteiger partial charge on any atom is -0.113 e. The van der Waals surface area contributed by atoms with Crippen LogP contribution in [-0.2, 0) is 0 Å². The van der Waals surface area contributed by atoms with Crippen LogP contribution in [0.25, 0.3) is 54.6 Å². The van der Waals surface area contributed by atoms with Crippen LogP contribution in [0.4, 0.5) is 0 Å². The summed E-state index contributed by atoms with van der Waals surface area (Å²) in [6.07, 6.45) is 2.99. The van der Waals surface area contributed by atoms with Crippen molar-refractivity contribution in [1.29, 1.82) is 0 Å². The van der Waals surface area contributed by atoms with Crippen LogP contribution in [-0.4, -0.2) is 231 Å². The van der Waals surface area contributed by atoms with Crippen molar-refractivity contribution >= 4 is 302 Å². The highest BCUT2D eigenvalue weighted by Crippen LogP contribution is 2.48. The van der Waals surface area contributed by atoms with Crippen molar-refractivity contribution in [3.63, 3.8) is 0 Å². The largest absolute Gasteiger partial charge is 0.139 e. The van der Waals surface area contributed by atoms with Crippen molar-refractivity contribution in [1.82, 2.24) is 0 Å². The van der Waals surface area contributed by atoms with Gasteiger partial charge in [0.25, 0.3) is 0 Å². The van der Waals surface area contributed by atoms with E-state index in [0.29, 0.717) is 70.8 Å². The summed E-state index contributed by atoms with van der Waals surface area (Å²) < 4.78 is 0. The molecular formula is C42H76B32. The number of hydrogen-bond acceptors (Lipinski definition) is 0. The lowest BCUT2D eigenvalue weighted by Gasteiger charge is -2.41. The van der Waals surface area contributed by atoms with E-state index >= 15 is 0 Å². The first-order chi connectivity index (χ1) is 34.4. The van der Waals surface area contributed by atoms with Gasteiger partial charge < -0.3 is 0 Å². The predicted octanol–water partition coefficient (Wildman–Crippen LogP) is -16.2. The first-order valence-corrected chi connectivity index (χ1v) is 30.1. The van der Waals surface area contributed by atoms with Crippen LogP contribution in [0.3, 0.4) is 0 Å². The summed E-state index contributed by atoms with van der Waals surface area (Å²) in [5, 5.41) is 9.00. The van der Waals surface area contributed by atoms with Crippen LogP contribution in [0.15, 0.2) is 6.07 Å². The second-order valence-corrected chi connectivity index (χ2v) is 26.6. The smallest absolute Gasteiger partial charge is 0.113 e. The molecule has 0 saturated heterocycles. The number of benzene rings is 6. The van der Waals surface area contributed by atoms with Crippen LogP contribution in [0.2, 0.25) is 0 Å². The third kappa shape index (κ3) is 9.90. The van der Waals surface area contributed by atoms with Crippen molar-refractivity contribution in [3.05, 3.63) is 72.8 Å². The molecule has 0 saturated carbocycles. The lowest BCUT2D eigenvalue weighted by atomic mass is 8.66. The predicted molar refractivity (Wildman–Crippen MR) is 423 cm³/mol. The molecule has 74 heavy (non-hydrogen) atoms. The van der Waals surface area contributed by atoms with Crippen LogP contribution < -0.4 is 38.2 Å². The summed E-state index contributed by atoms with van der Waals surface area (Å²) in [6.45, 7) is 30.9. The zero-order valence-corrected chi connectivity index (χ0v) is 53.5. The van der Waals surface area contributed by atoms with Crippen molar-refractivity contribution in [2.24, 2.45) is 0 Å². The highest BCUT2D eigenvalue weighted by atomic mass is 14.3. The summed E-state index contributed by atoms with van der Waals surface area (Å²) in [6, 6.07) is 2.73. The Morgan fingerprint density at radius 1 is 0.351 bits per heavy atom. The van der Waals surface area contributed by atoms with Gasteiger partial charge in [0.05, 0.1) is 165 Å². The average Bonchev–Trinajstić information content (AvgIpc) is 3.32. The van der Waals surface area contributed by atoms with Gasteiger partial charge in [-0.25, -0.2) is 0 Å². The number of aryl methyl sites for hydroxylation is 3. The maximum absolute atomic E-state index is 2.73. The Balaban J connectivity index is 2.18. The molecule has 0 N–H and O–H groups in total. The lowest BCUT2D eigenvalue weighted by Crippen LogP contribution is -2.80. The van der Waals surface area contributed by atoms with Gasteiger partial charge in [-0.15, -0.1) is 16.4 Å². The van der Waals surface area contributed by atoms with E-state index in [1.54, 1.807) is 54.6 Å². The van der Waals surface area contributed by atoms with Gasteiger partial charge in [0.1, 0.15) is 21.5 Å². The Kier molecular flexibility index (Phi) is 19.5. The average molecular weight is 927 g/mol. The molecule has 6 aromatic rings. The van der Waals surface area contributed by atoms with E-state index in [2.05, 4.69) is 229 Å². The van der Waals surface area contributed by atoms with Crippen molar-refractivity contribution in [3.8, 4) is 22.3 Å². The standard InChI is InChI=1S/C42H76B32/c1-14-15(2)21(8)29(22(9)16(14)3)32-24(11)17(4)19(6)26-13-27-28(25(12)31(26)32)20(7)18(5)23(10)30(27)33-34-35(36(43)37(61-44)38(33)64(47)48)40(68(73(58)59)74(60)63-46)42(67(71(54)55)72(56)57)41(66(62-45)70(52)53)39(34)65(49)69(50)51/h13,61-63H,43-60H2,1-12H3. The molecule has 6 aromatic carbocycles. The second-order valence-electron chi connectivity index (χ2n) is 26.6. The second kappa shape index (κ2) is 23.5. The van der Waals surface area contributed by atoms with Gasteiger partial charge in [0.15, 0.2) is 0 Å². The molecule has 0 heterocycles. The molecule has 0 aliphatic heterocycles. The Morgan fingerprint density at radius 2 is 0.824 bits per heavy atom. The Hall–Kier alpha value is -1.82. The zero-order chi connectivity index (χ0) is 55.9. The van der Waals surface area contributed by atoms with E-state index in [-0.39, 0.29) is 0 Å². The molecular weight excluding hydrogens is 850 g/mol. The summed E-state index contributed by atoms with van der Waals surface area (Å²) in [7, 11) is 49.1. The zero-order valence-electron chi connectivity index (χ0n) is 53.5. The van der Waals surface area contributed by atoms with E-state index < -0.39 is 0 Å². The van der Waals surface area contributed by atoms with Crippen LogP contribution in [0.1, 0.15) is 66.8 Å². The molecule has 0 nitrogen and oxygen atoms in total. The Morgan fingerprint density at radius 3 is 1.27 bits per heavy atom. The van der Waals surface area contributed by atoms with Crippen LogP contribution >= 0.6 is 0 Å². The molecule has 0 atom stereocenters. The molecule has 340 valence electrons. The van der Waals surface area contributed by atoms with Gasteiger partial charge in [0.2, 0.25) is 0 Å².